The van der Waals surface area contributed by atoms with Gasteiger partial charge in [0.2, 0.25) is 1.43 Å². The molecule has 1 unspecified atom stereocenters. The van der Waals surface area contributed by atoms with E-state index in [1.165, 1.54) is 7.40 Å². The van der Waals surface area contributed by atoms with Gasteiger partial charge < -0.3 is 14.2 Å². The lowest BCUT2D eigenvalue weighted by atomic mass is 10.3. The molecule has 1 atom stereocenters. The van der Waals surface area contributed by atoms with Gasteiger partial charge >= 0.3 is 0 Å². The van der Waals surface area contributed by atoms with E-state index < -0.39 is 8.53 Å². The Balaban J connectivity index is 0. The Morgan fingerprint density at radius 1 is 1.37 bits per heavy atom. The number of rotatable bonds is 11. The maximum atomic E-state index is 8.57. The normalized spacial score (nSPS) is 13.6. The monoisotopic (exact) mass is 295 g/mol. The second-order valence-electron chi connectivity index (χ2n) is 4.44. The van der Waals surface area contributed by atoms with Gasteiger partial charge in [0, 0.05) is 20.1 Å². The molecule has 0 aliphatic heterocycles. The van der Waals surface area contributed by atoms with E-state index in [0.717, 1.165) is 0 Å². The second kappa shape index (κ2) is 12.8. The van der Waals surface area contributed by atoms with Gasteiger partial charge in [-0.05, 0) is 34.1 Å². The van der Waals surface area contributed by atoms with Crippen molar-refractivity contribution in [2.45, 2.75) is 60.0 Å². The van der Waals surface area contributed by atoms with Gasteiger partial charge in [-0.2, -0.15) is 5.26 Å². The lowest BCUT2D eigenvalue weighted by molar-refractivity contribution is 0.164. The molecule has 0 bridgehead atoms. The highest BCUT2D eigenvalue weighted by Gasteiger charge is 2.26. The van der Waals surface area contributed by atoms with E-state index in [1.807, 2.05) is 0 Å². The summed E-state index contributed by atoms with van der Waals surface area (Å²) in [6, 6.07) is 2.68. The van der Waals surface area contributed by atoms with Crippen LogP contribution in [0.3, 0.4) is 0 Å². The molecule has 0 spiro atoms. The van der Waals surface area contributed by atoms with E-state index in [2.05, 4.69) is 43.5 Å². The van der Waals surface area contributed by atoms with Crippen LogP contribution < -0.4 is 0 Å². The van der Waals surface area contributed by atoms with E-state index in [0.29, 0.717) is 44.7 Å². The second-order valence-corrected chi connectivity index (χ2v) is 5.89. The molecule has 1 N–H and O–H groups in total. The van der Waals surface area contributed by atoms with Crippen molar-refractivity contribution in [2.24, 2.45) is 0 Å². The summed E-state index contributed by atoms with van der Waals surface area (Å²) in [6.07, 6.45) is 1.02. The fourth-order valence-corrected chi connectivity index (χ4v) is 3.14. The fraction of sp³-hybridized carbons (Fsp3) is 0.923. The first kappa shape index (κ1) is 16.8. The Morgan fingerprint density at radius 2 is 1.95 bits per heavy atom. The Morgan fingerprint density at radius 3 is 2.42 bits per heavy atom. The lowest BCUT2D eigenvalue weighted by Crippen LogP contribution is -2.33. The zero-order chi connectivity index (χ0) is 16.7. The van der Waals surface area contributed by atoms with E-state index in [1.54, 1.807) is 0 Å². The van der Waals surface area contributed by atoms with Gasteiger partial charge in [-0.3, -0.25) is 0 Å². The number of aliphatic hydroxyl groups is 1. The first-order valence-electron chi connectivity index (χ1n) is 7.74. The van der Waals surface area contributed by atoms with Crippen LogP contribution in [0.5, 0.6) is 0 Å². The van der Waals surface area contributed by atoms with Gasteiger partial charge in [-0.15, -0.1) is 0 Å². The largest absolute Gasteiger partial charge is 0.396 e. The maximum Gasteiger partial charge on any atom is 0.259 e. The molecule has 0 amide bonds. The number of hydrogen-bond donors (Lipinski definition) is 1. The number of aliphatic hydroxyl groups excluding tert-OH is 1. The molecule has 0 aromatic carbocycles. The van der Waals surface area contributed by atoms with Crippen molar-refractivity contribution in [3.8, 4) is 6.07 Å². The summed E-state index contributed by atoms with van der Waals surface area (Å²) in [6.45, 7) is 9.61. The van der Waals surface area contributed by atoms with Crippen LogP contribution in [0.25, 0.3) is 0 Å². The summed E-state index contributed by atoms with van der Waals surface area (Å²) >= 11 is 0. The van der Waals surface area contributed by atoms with Gasteiger partial charge in [-0.1, -0.05) is 7.40 Å². The number of hydrogen-bond acceptors (Lipinski definition) is 5. The van der Waals surface area contributed by atoms with E-state index in [4.69, 9.17) is 17.1 Å². The summed E-state index contributed by atoms with van der Waals surface area (Å²) in [5.41, 5.74) is 0. The van der Waals surface area contributed by atoms with Gasteiger partial charge in [0.05, 0.1) is 25.7 Å². The summed E-state index contributed by atoms with van der Waals surface area (Å²) in [5.74, 6) is 0. The summed E-state index contributed by atoms with van der Waals surface area (Å²) in [4.78, 5) is 0. The first-order valence-corrected chi connectivity index (χ1v) is 7.46. The lowest BCUT2D eigenvalue weighted by Gasteiger charge is -2.35. The first-order chi connectivity index (χ1) is 10.0. The predicted octanol–water partition coefficient (Wildman–Crippen LogP) is 3.30. The fourth-order valence-electron chi connectivity index (χ4n) is 1.51. The van der Waals surface area contributed by atoms with Crippen LogP contribution in [0.1, 0.15) is 49.3 Å². The molecule has 0 aliphatic rings. The molecule has 0 aromatic rings. The Kier molecular flexibility index (Phi) is 11.3. The summed E-state index contributed by atoms with van der Waals surface area (Å²) in [7, 11) is 0.0842. The van der Waals surface area contributed by atoms with Crippen LogP contribution >= 0.6 is 8.53 Å². The maximum absolute atomic E-state index is 8.57. The predicted molar refractivity (Wildman–Crippen MR) is 79.6 cm³/mol. The van der Waals surface area contributed by atoms with E-state index in [-0.39, 0.29) is 0 Å². The van der Waals surface area contributed by atoms with Gasteiger partial charge in [0.15, 0.2) is 0 Å². The topological polar surface area (TPSA) is 65.7 Å². The molecule has 0 saturated carbocycles. The van der Waals surface area contributed by atoms with Gasteiger partial charge in [0.25, 0.3) is 8.53 Å². The average molecular weight is 295 g/mol. The molecule has 0 heterocycles. The minimum atomic E-state index is -1.17. The zero-order valence-electron chi connectivity index (χ0n) is 14.8. The minimum Gasteiger partial charge on any atom is -0.396 e. The van der Waals surface area contributed by atoms with Crippen molar-refractivity contribution in [3.63, 3.8) is 0 Å². The Labute approximate surface area is 122 Å². The van der Waals surface area contributed by atoms with E-state index >= 15 is 0 Å². The molecule has 0 aliphatic carbocycles. The number of nitrogens with zero attached hydrogens (tertiary/aromatic N) is 2. The molecular formula is C13H29N2O3P. The molecule has 19 heavy (non-hydrogen) atoms. The van der Waals surface area contributed by atoms with Crippen LogP contribution in [0, 0.1) is 11.3 Å². The van der Waals surface area contributed by atoms with Crippen molar-refractivity contribution in [2.75, 3.05) is 19.8 Å². The van der Waals surface area contributed by atoms with Gasteiger partial charge in [0.1, 0.15) is 0 Å². The highest BCUT2D eigenvalue weighted by Crippen LogP contribution is 2.45. The van der Waals surface area contributed by atoms with Crippen molar-refractivity contribution in [3.05, 3.63) is 0 Å². The average Bonchev–Trinajstić information content (AvgIpc) is 2.44. The van der Waals surface area contributed by atoms with Crippen LogP contribution in [-0.2, 0) is 9.05 Å². The number of nitriles is 1. The van der Waals surface area contributed by atoms with Crippen molar-refractivity contribution in [1.29, 1.82) is 6.69 Å². The molecule has 6 heteroatoms. The highest BCUT2D eigenvalue weighted by atomic mass is 31.2. The third-order valence-corrected chi connectivity index (χ3v) is 4.26. The zero-order valence-corrected chi connectivity index (χ0v) is 13.7. The third kappa shape index (κ3) is 9.32. The molecule has 114 valence electrons. The molecule has 5 nitrogen and oxygen atoms in total. The Bertz CT molecular complexity index is 258. The third-order valence-electron chi connectivity index (χ3n) is 2.15. The SMILES string of the molecule is [2H]OCCCOP(OCCC#N)N(C(C)C)C(C)C.[3H]C. The van der Waals surface area contributed by atoms with Crippen LogP contribution in [0.2, 0.25) is 0 Å². The van der Waals surface area contributed by atoms with Crippen LogP contribution in [0.4, 0.5) is 0 Å². The molecule has 0 aromatic heterocycles. The molecule has 0 radical (unpaired) electrons. The van der Waals surface area contributed by atoms with Crippen molar-refractivity contribution in [1.82, 2.24) is 4.67 Å². The van der Waals surface area contributed by atoms with Crippen LogP contribution in [-0.4, -0.2) is 43.1 Å². The van der Waals surface area contributed by atoms with Crippen LogP contribution in [0.15, 0.2) is 0 Å². The van der Waals surface area contributed by atoms with Crippen molar-refractivity contribution < 1.29 is 15.5 Å². The quantitative estimate of drug-likeness (QED) is 0.468. The van der Waals surface area contributed by atoms with Crippen molar-refractivity contribution >= 4 is 8.53 Å². The van der Waals surface area contributed by atoms with E-state index in [9.17, 15) is 0 Å². The highest BCUT2D eigenvalue weighted by molar-refractivity contribution is 7.44. The van der Waals surface area contributed by atoms with Gasteiger partial charge in [-0.25, -0.2) is 4.67 Å². The molecule has 0 fully saturated rings. The molecular weight excluding hydrogens is 263 g/mol. The summed E-state index contributed by atoms with van der Waals surface area (Å²) < 4.78 is 26.0. The molecule has 0 rings (SSSR count). The minimum absolute atomic E-state index is 0.306. The molecule has 0 saturated heterocycles. The smallest absolute Gasteiger partial charge is 0.259 e. The Hall–Kier alpha value is -0.240. The summed E-state index contributed by atoms with van der Waals surface area (Å²) in [5, 5.41) is 12.8. The standard InChI is InChI=1S/C12H25N2O3P.CH4/c1-11(2)14(12(3)4)18(16-9-5-7-13)17-10-6-8-15;/h11-12,15H,5-6,8-10H2,1-4H3;1H4/i15D;1T.